The van der Waals surface area contributed by atoms with Crippen LogP contribution in [0.1, 0.15) is 31.2 Å². The molecule has 150 valence electrons. The van der Waals surface area contributed by atoms with Crippen molar-refractivity contribution in [1.82, 2.24) is 9.97 Å². The average molecular weight is 419 g/mol. The molecule has 0 aliphatic carbocycles. The van der Waals surface area contributed by atoms with Gasteiger partial charge in [0, 0.05) is 15.6 Å². The Hall–Kier alpha value is -3.30. The molecule has 0 amide bonds. The molecule has 2 nitrogen and oxygen atoms in total. The maximum absolute atomic E-state index is 4.94. The van der Waals surface area contributed by atoms with E-state index in [1.54, 1.807) is 11.3 Å². The van der Waals surface area contributed by atoms with Crippen molar-refractivity contribution in [2.75, 3.05) is 0 Å². The van der Waals surface area contributed by atoms with Gasteiger partial charge in [0.25, 0.3) is 0 Å². The molecule has 2 aromatic heterocycles. The third kappa shape index (κ3) is 2.92. The molecule has 0 fully saturated rings. The van der Waals surface area contributed by atoms with Crippen LogP contribution in [0, 0.1) is 6.92 Å². The van der Waals surface area contributed by atoms with Gasteiger partial charge in [-0.3, -0.25) is 0 Å². The first kappa shape index (κ1) is 18.5. The predicted octanol–water partition coefficient (Wildman–Crippen LogP) is 8.25. The molecule has 0 saturated carbocycles. The number of nitrogens with zero attached hydrogens (tertiary/aromatic N) is 2. The van der Waals surface area contributed by atoms with E-state index in [2.05, 4.69) is 86.6 Å². The van der Waals surface area contributed by atoms with Gasteiger partial charge in [-0.2, -0.15) is 0 Å². The monoisotopic (exact) mass is 418 g/mol. The Kier molecular flexibility index (Phi) is 4.09. The minimum Gasteiger partial charge on any atom is -0.232 e. The van der Waals surface area contributed by atoms with Crippen molar-refractivity contribution in [2.45, 2.75) is 26.7 Å². The standard InChI is InChI=1S/C28H22N2S/c1-16(2)23-14-21(12-20-10-6-7-11-22(20)23)26-28-27(30-17(3)29-26)24-13-18-8-4-5-9-19(18)15-25(24)31-28/h4-16H,1-3H3. The molecular formula is C28H22N2S. The Labute approximate surface area is 185 Å². The largest absolute Gasteiger partial charge is 0.232 e. The maximum atomic E-state index is 4.94. The summed E-state index contributed by atoms with van der Waals surface area (Å²) >= 11 is 1.80. The lowest BCUT2D eigenvalue weighted by Gasteiger charge is -2.13. The molecule has 0 bridgehead atoms. The number of thiophene rings is 1. The SMILES string of the molecule is Cc1nc(-c2cc(C(C)C)c3ccccc3c2)c2sc3cc4ccccc4cc3c2n1. The molecule has 31 heavy (non-hydrogen) atoms. The van der Waals surface area contributed by atoms with E-state index in [1.807, 2.05) is 6.92 Å². The molecule has 0 aliphatic heterocycles. The van der Waals surface area contributed by atoms with Crippen molar-refractivity contribution in [3.63, 3.8) is 0 Å². The van der Waals surface area contributed by atoms with Crippen LogP contribution in [0.15, 0.2) is 72.8 Å². The molecule has 0 spiro atoms. The van der Waals surface area contributed by atoms with Crippen LogP contribution in [0.3, 0.4) is 0 Å². The Morgan fingerprint density at radius 3 is 2.23 bits per heavy atom. The molecule has 0 aliphatic rings. The third-order valence-corrected chi connectivity index (χ3v) is 7.23. The second-order valence-electron chi connectivity index (χ2n) is 8.54. The summed E-state index contributed by atoms with van der Waals surface area (Å²) in [5, 5.41) is 6.32. The second kappa shape index (κ2) is 6.86. The Balaban J connectivity index is 1.70. The first-order valence-corrected chi connectivity index (χ1v) is 11.5. The van der Waals surface area contributed by atoms with E-state index >= 15 is 0 Å². The molecule has 6 aromatic rings. The van der Waals surface area contributed by atoms with Gasteiger partial charge in [-0.1, -0.05) is 62.4 Å². The lowest BCUT2D eigenvalue weighted by Crippen LogP contribution is -1.95. The summed E-state index contributed by atoms with van der Waals surface area (Å²) in [6, 6.07) is 26.4. The van der Waals surface area contributed by atoms with Gasteiger partial charge in [0.1, 0.15) is 5.82 Å². The second-order valence-corrected chi connectivity index (χ2v) is 9.59. The van der Waals surface area contributed by atoms with E-state index in [0.29, 0.717) is 5.92 Å². The van der Waals surface area contributed by atoms with Crippen LogP contribution >= 0.6 is 11.3 Å². The Bertz CT molecular complexity index is 1630. The van der Waals surface area contributed by atoms with Gasteiger partial charge in [-0.05, 0) is 64.2 Å². The summed E-state index contributed by atoms with van der Waals surface area (Å²) in [4.78, 5) is 9.82. The average Bonchev–Trinajstić information content (AvgIpc) is 3.13. The number of hydrogen-bond donors (Lipinski definition) is 0. The summed E-state index contributed by atoms with van der Waals surface area (Å²) < 4.78 is 2.43. The van der Waals surface area contributed by atoms with Gasteiger partial charge in [-0.15, -0.1) is 11.3 Å². The number of fused-ring (bicyclic) bond motifs is 5. The zero-order valence-electron chi connectivity index (χ0n) is 17.8. The summed E-state index contributed by atoms with van der Waals surface area (Å²) in [6.45, 7) is 6.52. The number of benzene rings is 4. The van der Waals surface area contributed by atoms with E-state index in [1.165, 1.54) is 47.5 Å². The highest BCUT2D eigenvalue weighted by Crippen LogP contribution is 2.41. The molecule has 0 N–H and O–H groups in total. The minimum atomic E-state index is 0.441. The van der Waals surface area contributed by atoms with Gasteiger partial charge in [0.05, 0.1) is 15.9 Å². The van der Waals surface area contributed by atoms with E-state index < -0.39 is 0 Å². The van der Waals surface area contributed by atoms with Gasteiger partial charge < -0.3 is 0 Å². The zero-order valence-corrected chi connectivity index (χ0v) is 18.6. The van der Waals surface area contributed by atoms with E-state index in [0.717, 1.165) is 17.0 Å². The third-order valence-electron chi connectivity index (χ3n) is 6.08. The quantitative estimate of drug-likeness (QED) is 0.283. The molecule has 3 heteroatoms. The minimum absolute atomic E-state index is 0.441. The van der Waals surface area contributed by atoms with Crippen molar-refractivity contribution in [3.05, 3.63) is 84.2 Å². The van der Waals surface area contributed by atoms with Crippen molar-refractivity contribution in [1.29, 1.82) is 0 Å². The smallest absolute Gasteiger partial charge is 0.126 e. The van der Waals surface area contributed by atoms with Crippen LogP contribution < -0.4 is 0 Å². The highest BCUT2D eigenvalue weighted by Gasteiger charge is 2.17. The van der Waals surface area contributed by atoms with Crippen LogP contribution in [0.4, 0.5) is 0 Å². The van der Waals surface area contributed by atoms with Crippen molar-refractivity contribution < 1.29 is 0 Å². The van der Waals surface area contributed by atoms with E-state index in [4.69, 9.17) is 9.97 Å². The number of hydrogen-bond acceptors (Lipinski definition) is 3. The first-order valence-electron chi connectivity index (χ1n) is 10.7. The molecule has 0 saturated heterocycles. The molecular weight excluding hydrogens is 396 g/mol. The van der Waals surface area contributed by atoms with Crippen LogP contribution in [0.2, 0.25) is 0 Å². The number of aryl methyl sites for hydroxylation is 1. The topological polar surface area (TPSA) is 25.8 Å². The fourth-order valence-corrected chi connectivity index (χ4v) is 5.77. The summed E-state index contributed by atoms with van der Waals surface area (Å²) in [6.07, 6.45) is 0. The normalized spacial score (nSPS) is 12.0. The summed E-state index contributed by atoms with van der Waals surface area (Å²) in [7, 11) is 0. The molecule has 0 atom stereocenters. The number of rotatable bonds is 2. The first-order chi connectivity index (χ1) is 15.1. The fraction of sp³-hybridized carbons (Fsp3) is 0.143. The number of aromatic nitrogens is 2. The van der Waals surface area contributed by atoms with Gasteiger partial charge in [-0.25, -0.2) is 9.97 Å². The fourth-order valence-electron chi connectivity index (χ4n) is 4.59. The van der Waals surface area contributed by atoms with Crippen LogP contribution in [-0.2, 0) is 0 Å². The van der Waals surface area contributed by atoms with Gasteiger partial charge in [0.2, 0.25) is 0 Å². The van der Waals surface area contributed by atoms with E-state index in [-0.39, 0.29) is 0 Å². The molecule has 0 radical (unpaired) electrons. The van der Waals surface area contributed by atoms with Crippen LogP contribution in [0.25, 0.3) is 53.1 Å². The molecule has 2 heterocycles. The highest BCUT2D eigenvalue weighted by atomic mass is 32.1. The van der Waals surface area contributed by atoms with Crippen LogP contribution in [0.5, 0.6) is 0 Å². The molecule has 0 unspecified atom stereocenters. The highest BCUT2D eigenvalue weighted by molar-refractivity contribution is 7.26. The summed E-state index contributed by atoms with van der Waals surface area (Å²) in [5.74, 6) is 1.26. The van der Waals surface area contributed by atoms with Crippen molar-refractivity contribution >= 4 is 53.2 Å². The lowest BCUT2D eigenvalue weighted by atomic mass is 9.92. The van der Waals surface area contributed by atoms with Crippen LogP contribution in [-0.4, -0.2) is 9.97 Å². The predicted molar refractivity (Wildman–Crippen MR) is 134 cm³/mol. The molecule has 6 rings (SSSR count). The zero-order chi connectivity index (χ0) is 21.1. The molecule has 4 aromatic carbocycles. The Morgan fingerprint density at radius 1 is 0.742 bits per heavy atom. The Morgan fingerprint density at radius 2 is 1.45 bits per heavy atom. The summed E-state index contributed by atoms with van der Waals surface area (Å²) in [5.41, 5.74) is 4.64. The lowest BCUT2D eigenvalue weighted by molar-refractivity contribution is 0.876. The van der Waals surface area contributed by atoms with Crippen molar-refractivity contribution in [2.24, 2.45) is 0 Å². The van der Waals surface area contributed by atoms with Crippen molar-refractivity contribution in [3.8, 4) is 11.3 Å². The van der Waals surface area contributed by atoms with Gasteiger partial charge >= 0.3 is 0 Å². The van der Waals surface area contributed by atoms with Gasteiger partial charge in [0.15, 0.2) is 0 Å². The maximum Gasteiger partial charge on any atom is 0.126 e. The van der Waals surface area contributed by atoms with E-state index in [9.17, 15) is 0 Å².